The maximum Gasteiger partial charge on any atom is 0.325 e. The standard InChI is InChI=1S/C22H22N6O3/c29-19(25-21-24-18(26-27-21)12-11-15-7-3-1-4-8-15)13-17-20(30)28(22(31)23-17)14-16-9-5-2-6-10-16/h1-10,17H,11-14H2,(H,23,31)(H2,24,25,26,27,29)/t17-/m0/s1. The van der Waals surface area contributed by atoms with Crippen molar-refractivity contribution >= 4 is 23.8 Å². The van der Waals surface area contributed by atoms with Gasteiger partial charge in [-0.15, -0.1) is 5.10 Å². The Labute approximate surface area is 178 Å². The molecule has 0 bridgehead atoms. The summed E-state index contributed by atoms with van der Waals surface area (Å²) in [4.78, 5) is 42.4. The number of aromatic amines is 1. The number of imide groups is 1. The number of benzene rings is 2. The van der Waals surface area contributed by atoms with Crippen LogP contribution in [0.4, 0.5) is 10.7 Å². The van der Waals surface area contributed by atoms with Crippen LogP contribution < -0.4 is 10.6 Å². The van der Waals surface area contributed by atoms with Crippen molar-refractivity contribution in [2.24, 2.45) is 0 Å². The van der Waals surface area contributed by atoms with Crippen LogP contribution in [0.15, 0.2) is 60.7 Å². The number of carbonyl (C=O) groups is 3. The number of nitrogens with zero attached hydrogens (tertiary/aromatic N) is 3. The number of hydrogen-bond donors (Lipinski definition) is 3. The molecule has 31 heavy (non-hydrogen) atoms. The molecule has 1 saturated heterocycles. The summed E-state index contributed by atoms with van der Waals surface area (Å²) in [5, 5.41) is 11.9. The van der Waals surface area contributed by atoms with Crippen LogP contribution in [0.2, 0.25) is 0 Å². The number of rotatable bonds is 8. The molecule has 2 aromatic carbocycles. The lowest BCUT2D eigenvalue weighted by Crippen LogP contribution is -2.34. The Morgan fingerprint density at radius 2 is 1.65 bits per heavy atom. The fourth-order valence-corrected chi connectivity index (χ4v) is 3.36. The molecule has 1 atom stereocenters. The molecule has 1 aliphatic heterocycles. The number of hydrogen-bond acceptors (Lipinski definition) is 5. The Balaban J connectivity index is 1.28. The second-order valence-corrected chi connectivity index (χ2v) is 7.26. The Hall–Kier alpha value is -4.01. The van der Waals surface area contributed by atoms with Gasteiger partial charge in [-0.3, -0.25) is 24.9 Å². The highest BCUT2D eigenvalue weighted by Gasteiger charge is 2.39. The number of aromatic nitrogens is 3. The summed E-state index contributed by atoms with van der Waals surface area (Å²) in [5.74, 6) is -0.0826. The van der Waals surface area contributed by atoms with Gasteiger partial charge < -0.3 is 5.32 Å². The summed E-state index contributed by atoms with van der Waals surface area (Å²) in [5.41, 5.74) is 2.01. The SMILES string of the molecule is O=C(C[C@@H]1NC(=O)N(Cc2ccccc2)C1=O)Nc1n[nH]c(CCc2ccccc2)n1. The smallest absolute Gasteiger partial charge is 0.325 e. The zero-order chi connectivity index (χ0) is 21.6. The average molecular weight is 418 g/mol. The minimum Gasteiger partial charge on any atom is -0.325 e. The van der Waals surface area contributed by atoms with Crippen LogP contribution in [-0.2, 0) is 29.0 Å². The van der Waals surface area contributed by atoms with E-state index in [0.29, 0.717) is 12.2 Å². The zero-order valence-corrected chi connectivity index (χ0v) is 16.7. The van der Waals surface area contributed by atoms with Gasteiger partial charge in [0.25, 0.3) is 5.91 Å². The van der Waals surface area contributed by atoms with Gasteiger partial charge in [-0.05, 0) is 17.5 Å². The summed E-state index contributed by atoms with van der Waals surface area (Å²) < 4.78 is 0. The van der Waals surface area contributed by atoms with Crippen molar-refractivity contribution in [2.45, 2.75) is 31.8 Å². The van der Waals surface area contributed by atoms with Gasteiger partial charge in [0, 0.05) is 6.42 Å². The van der Waals surface area contributed by atoms with E-state index in [9.17, 15) is 14.4 Å². The first-order valence-corrected chi connectivity index (χ1v) is 9.99. The molecular weight excluding hydrogens is 396 g/mol. The van der Waals surface area contributed by atoms with Crippen LogP contribution in [0.1, 0.15) is 23.4 Å². The summed E-state index contributed by atoms with van der Waals surface area (Å²) in [6.07, 6.45) is 1.26. The van der Waals surface area contributed by atoms with Gasteiger partial charge in [0.2, 0.25) is 11.9 Å². The van der Waals surface area contributed by atoms with Crippen LogP contribution >= 0.6 is 0 Å². The maximum atomic E-state index is 12.6. The number of amides is 4. The first-order valence-electron chi connectivity index (χ1n) is 9.99. The van der Waals surface area contributed by atoms with Crippen molar-refractivity contribution in [3.63, 3.8) is 0 Å². The highest BCUT2D eigenvalue weighted by atomic mass is 16.2. The van der Waals surface area contributed by atoms with Crippen molar-refractivity contribution in [2.75, 3.05) is 5.32 Å². The van der Waals surface area contributed by atoms with E-state index < -0.39 is 23.9 Å². The van der Waals surface area contributed by atoms with Crippen molar-refractivity contribution in [3.8, 4) is 0 Å². The lowest BCUT2D eigenvalue weighted by Gasteiger charge is -2.12. The molecule has 3 aromatic rings. The van der Waals surface area contributed by atoms with Gasteiger partial charge in [-0.1, -0.05) is 60.7 Å². The van der Waals surface area contributed by atoms with E-state index in [1.54, 1.807) is 0 Å². The Bertz CT molecular complexity index is 1070. The van der Waals surface area contributed by atoms with Crippen molar-refractivity contribution in [3.05, 3.63) is 77.6 Å². The second kappa shape index (κ2) is 9.21. The molecule has 0 spiro atoms. The average Bonchev–Trinajstić information content (AvgIpc) is 3.33. The number of carbonyl (C=O) groups excluding carboxylic acids is 3. The summed E-state index contributed by atoms with van der Waals surface area (Å²) in [7, 11) is 0. The number of aryl methyl sites for hydroxylation is 2. The topological polar surface area (TPSA) is 120 Å². The van der Waals surface area contributed by atoms with Gasteiger partial charge in [0.1, 0.15) is 11.9 Å². The van der Waals surface area contributed by atoms with Crippen LogP contribution in [0, 0.1) is 0 Å². The summed E-state index contributed by atoms with van der Waals surface area (Å²) in [6, 6.07) is 17.8. The largest absolute Gasteiger partial charge is 0.325 e. The van der Waals surface area contributed by atoms with E-state index in [2.05, 4.69) is 25.8 Å². The molecule has 1 aromatic heterocycles. The predicted octanol–water partition coefficient (Wildman–Crippen LogP) is 2.04. The minimum atomic E-state index is -0.910. The van der Waals surface area contributed by atoms with Gasteiger partial charge >= 0.3 is 6.03 Å². The fourth-order valence-electron chi connectivity index (χ4n) is 3.36. The Morgan fingerprint density at radius 3 is 2.35 bits per heavy atom. The quantitative estimate of drug-likeness (QED) is 0.484. The summed E-state index contributed by atoms with van der Waals surface area (Å²) >= 11 is 0. The van der Waals surface area contributed by atoms with Gasteiger partial charge in [-0.2, -0.15) is 4.98 Å². The third-order valence-corrected chi connectivity index (χ3v) is 4.96. The maximum absolute atomic E-state index is 12.6. The Morgan fingerprint density at radius 1 is 0.968 bits per heavy atom. The molecular formula is C22H22N6O3. The Kier molecular flexibility index (Phi) is 6.02. The minimum absolute atomic E-state index is 0.144. The normalized spacial score (nSPS) is 15.7. The van der Waals surface area contributed by atoms with E-state index in [1.807, 2.05) is 60.7 Å². The molecule has 158 valence electrons. The highest BCUT2D eigenvalue weighted by molar-refractivity contribution is 6.06. The number of urea groups is 1. The van der Waals surface area contributed by atoms with Crippen molar-refractivity contribution < 1.29 is 14.4 Å². The molecule has 4 amide bonds. The third-order valence-electron chi connectivity index (χ3n) is 4.96. The van der Waals surface area contributed by atoms with Crippen molar-refractivity contribution in [1.29, 1.82) is 0 Å². The number of H-pyrrole nitrogens is 1. The molecule has 1 fully saturated rings. The first kappa shape index (κ1) is 20.3. The zero-order valence-electron chi connectivity index (χ0n) is 16.7. The molecule has 4 rings (SSSR count). The van der Waals surface area contributed by atoms with Crippen LogP contribution in [0.3, 0.4) is 0 Å². The predicted molar refractivity (Wildman–Crippen MR) is 113 cm³/mol. The lowest BCUT2D eigenvalue weighted by molar-refractivity contribution is -0.130. The first-order chi connectivity index (χ1) is 15.1. The van der Waals surface area contributed by atoms with Gasteiger partial charge in [-0.25, -0.2) is 4.79 Å². The monoisotopic (exact) mass is 418 g/mol. The van der Waals surface area contributed by atoms with E-state index in [-0.39, 0.29) is 18.9 Å². The molecule has 1 aliphatic rings. The third kappa shape index (κ3) is 5.13. The molecule has 0 radical (unpaired) electrons. The van der Waals surface area contributed by atoms with E-state index >= 15 is 0 Å². The van der Waals surface area contributed by atoms with Gasteiger partial charge in [0.15, 0.2) is 0 Å². The molecule has 3 N–H and O–H groups in total. The molecule has 9 heteroatoms. The van der Waals surface area contributed by atoms with Crippen molar-refractivity contribution in [1.82, 2.24) is 25.4 Å². The van der Waals surface area contributed by atoms with Crippen LogP contribution in [0.25, 0.3) is 0 Å². The summed E-state index contributed by atoms with van der Waals surface area (Å²) in [6.45, 7) is 0.162. The van der Waals surface area contributed by atoms with Crippen LogP contribution in [-0.4, -0.2) is 44.0 Å². The molecule has 0 saturated carbocycles. The lowest BCUT2D eigenvalue weighted by atomic mass is 10.1. The van der Waals surface area contributed by atoms with Crippen LogP contribution in [0.5, 0.6) is 0 Å². The van der Waals surface area contributed by atoms with E-state index in [0.717, 1.165) is 16.9 Å². The molecule has 2 heterocycles. The second-order valence-electron chi connectivity index (χ2n) is 7.26. The molecule has 9 nitrogen and oxygen atoms in total. The highest BCUT2D eigenvalue weighted by Crippen LogP contribution is 2.14. The van der Waals surface area contributed by atoms with Gasteiger partial charge in [0.05, 0.1) is 13.0 Å². The number of anilines is 1. The molecule has 0 unspecified atom stereocenters. The van der Waals surface area contributed by atoms with E-state index in [4.69, 9.17) is 0 Å². The molecule has 0 aliphatic carbocycles. The fraction of sp³-hybridized carbons (Fsp3) is 0.227. The number of nitrogens with one attached hydrogen (secondary N) is 3. The van der Waals surface area contributed by atoms with E-state index in [1.165, 1.54) is 5.56 Å².